The summed E-state index contributed by atoms with van der Waals surface area (Å²) in [5.41, 5.74) is 4.21. The Hall–Kier alpha value is -3.71. The molecular weight excluding hydrogens is 496 g/mol. The number of amides is 3. The molecule has 0 spiro atoms. The number of carbonyl (C=O) groups excluding carboxylic acids is 3. The first-order valence-electron chi connectivity index (χ1n) is 13.2. The van der Waals surface area contributed by atoms with Crippen molar-refractivity contribution in [2.45, 2.75) is 52.3 Å². The Morgan fingerprint density at radius 1 is 1.00 bits per heavy atom. The summed E-state index contributed by atoms with van der Waals surface area (Å²) in [6, 6.07) is 12.8. The SMILES string of the molecule is C[C@@H]1[C@@H](NCC(=O)Nc2ccc(C#Cc3ccc(C(=O)N[C@H](C(=O)NO)[C@@H](C)O)cc3)cc2)C2C[C@@H]1C2(C)C. The number of hydrogen-bond donors (Lipinski definition) is 6. The Kier molecular flexibility index (Phi) is 8.40. The first-order valence-corrected chi connectivity index (χ1v) is 13.2. The number of aliphatic hydroxyl groups is 1. The van der Waals surface area contributed by atoms with Crippen LogP contribution in [-0.4, -0.2) is 52.8 Å². The van der Waals surface area contributed by atoms with Gasteiger partial charge in [-0.3, -0.25) is 19.6 Å². The summed E-state index contributed by atoms with van der Waals surface area (Å²) in [5.74, 6) is 6.50. The number of fused-ring (bicyclic) bond motifs is 1. The van der Waals surface area contributed by atoms with Crippen LogP contribution in [0.4, 0.5) is 5.69 Å². The standard InChI is InChI=1S/C30H36N4O5/c1-17-23-15-24(30(23,3)4)26(17)31-16-25(36)32-22-13-9-20(10-14-22)6-5-19-7-11-21(12-8-19)28(37)33-27(18(2)35)29(38)34-39/h7-14,17-18,23-24,26-27,31,35,39H,15-16H2,1-4H3,(H,32,36)(H,33,37)(H,34,38)/t17-,18+,23-,24?,26+,27-/m0/s1. The van der Waals surface area contributed by atoms with Gasteiger partial charge in [-0.15, -0.1) is 0 Å². The lowest BCUT2D eigenvalue weighted by molar-refractivity contribution is -0.133. The molecule has 0 aromatic heterocycles. The van der Waals surface area contributed by atoms with Crippen molar-refractivity contribution in [2.75, 3.05) is 11.9 Å². The molecule has 0 aliphatic heterocycles. The molecule has 0 heterocycles. The van der Waals surface area contributed by atoms with Crippen molar-refractivity contribution >= 4 is 23.4 Å². The fourth-order valence-electron chi connectivity index (χ4n) is 6.04. The van der Waals surface area contributed by atoms with Crippen LogP contribution in [0.2, 0.25) is 0 Å². The van der Waals surface area contributed by atoms with Crippen LogP contribution in [0.1, 0.15) is 55.6 Å². The van der Waals surface area contributed by atoms with Gasteiger partial charge in [0.2, 0.25) is 5.91 Å². The van der Waals surface area contributed by atoms with E-state index in [-0.39, 0.29) is 18.0 Å². The average molecular weight is 533 g/mol. The van der Waals surface area contributed by atoms with E-state index in [0.29, 0.717) is 34.5 Å². The molecule has 3 amide bonds. The van der Waals surface area contributed by atoms with E-state index in [9.17, 15) is 19.5 Å². The summed E-state index contributed by atoms with van der Waals surface area (Å²) in [5, 5.41) is 27.2. The van der Waals surface area contributed by atoms with Crippen LogP contribution in [0.5, 0.6) is 0 Å². The highest BCUT2D eigenvalue weighted by atomic mass is 16.5. The number of benzene rings is 2. The molecule has 3 aliphatic carbocycles. The van der Waals surface area contributed by atoms with Crippen molar-refractivity contribution in [3.63, 3.8) is 0 Å². The smallest absolute Gasteiger partial charge is 0.268 e. The van der Waals surface area contributed by atoms with E-state index in [0.717, 1.165) is 11.5 Å². The Morgan fingerprint density at radius 3 is 2.08 bits per heavy atom. The van der Waals surface area contributed by atoms with Gasteiger partial charge in [-0.25, -0.2) is 5.48 Å². The fourth-order valence-corrected chi connectivity index (χ4v) is 6.04. The van der Waals surface area contributed by atoms with Gasteiger partial charge in [0.05, 0.1) is 12.6 Å². The molecule has 1 unspecified atom stereocenters. The number of hydroxylamine groups is 1. The lowest BCUT2D eigenvalue weighted by Gasteiger charge is -2.45. The van der Waals surface area contributed by atoms with Crippen LogP contribution in [0.3, 0.4) is 0 Å². The van der Waals surface area contributed by atoms with Crippen LogP contribution in [0.25, 0.3) is 0 Å². The van der Waals surface area contributed by atoms with Crippen LogP contribution in [0.15, 0.2) is 48.5 Å². The molecule has 3 fully saturated rings. The number of rotatable bonds is 8. The van der Waals surface area contributed by atoms with Crippen LogP contribution in [0, 0.1) is 35.0 Å². The zero-order chi connectivity index (χ0) is 28.3. The summed E-state index contributed by atoms with van der Waals surface area (Å²) in [6.45, 7) is 8.58. The van der Waals surface area contributed by atoms with E-state index in [1.165, 1.54) is 18.8 Å². The molecule has 9 heteroatoms. The van der Waals surface area contributed by atoms with Crippen molar-refractivity contribution < 1.29 is 24.7 Å². The Balaban J connectivity index is 1.27. The molecule has 5 rings (SSSR count). The molecule has 206 valence electrons. The second kappa shape index (κ2) is 11.6. The van der Waals surface area contributed by atoms with Crippen molar-refractivity contribution in [3.8, 4) is 11.8 Å². The maximum atomic E-state index is 12.5. The third-order valence-corrected chi connectivity index (χ3v) is 8.38. The van der Waals surface area contributed by atoms with Crippen molar-refractivity contribution in [1.29, 1.82) is 0 Å². The quantitative estimate of drug-likeness (QED) is 0.175. The Morgan fingerprint density at radius 2 is 1.59 bits per heavy atom. The molecule has 2 aromatic rings. The van der Waals surface area contributed by atoms with Gasteiger partial charge in [-0.1, -0.05) is 32.6 Å². The predicted octanol–water partition coefficient (Wildman–Crippen LogP) is 2.28. The third kappa shape index (κ3) is 6.14. The average Bonchev–Trinajstić information content (AvgIpc) is 3.36. The van der Waals surface area contributed by atoms with Gasteiger partial charge >= 0.3 is 0 Å². The fraction of sp³-hybridized carbons (Fsp3) is 0.433. The van der Waals surface area contributed by atoms with Gasteiger partial charge in [-0.05, 0) is 85.0 Å². The summed E-state index contributed by atoms with van der Waals surface area (Å²) >= 11 is 0. The van der Waals surface area contributed by atoms with E-state index in [4.69, 9.17) is 5.21 Å². The van der Waals surface area contributed by atoms with Gasteiger partial charge in [0.15, 0.2) is 0 Å². The van der Waals surface area contributed by atoms with Crippen molar-refractivity contribution in [3.05, 3.63) is 65.2 Å². The molecular formula is C30H36N4O5. The lowest BCUT2D eigenvalue weighted by atomic mass is 9.60. The summed E-state index contributed by atoms with van der Waals surface area (Å²) < 4.78 is 0. The molecule has 3 aliphatic rings. The maximum Gasteiger partial charge on any atom is 0.268 e. The number of carbonyl (C=O) groups is 3. The van der Waals surface area contributed by atoms with Gasteiger partial charge in [0.25, 0.3) is 11.8 Å². The monoisotopic (exact) mass is 532 g/mol. The zero-order valence-electron chi connectivity index (χ0n) is 22.6. The van der Waals surface area contributed by atoms with Gasteiger partial charge < -0.3 is 21.1 Å². The molecule has 9 nitrogen and oxygen atoms in total. The minimum Gasteiger partial charge on any atom is -0.391 e. The van der Waals surface area contributed by atoms with Crippen LogP contribution in [-0.2, 0) is 9.59 Å². The number of anilines is 1. The second-order valence-corrected chi connectivity index (χ2v) is 11.2. The zero-order valence-corrected chi connectivity index (χ0v) is 22.6. The maximum absolute atomic E-state index is 12.5. The number of hydrogen-bond acceptors (Lipinski definition) is 6. The minimum absolute atomic E-state index is 0.0659. The Labute approximate surface area is 228 Å². The molecule has 0 saturated heterocycles. The van der Waals surface area contributed by atoms with E-state index < -0.39 is 24.0 Å². The molecule has 39 heavy (non-hydrogen) atoms. The molecule has 6 N–H and O–H groups in total. The second-order valence-electron chi connectivity index (χ2n) is 11.2. The van der Waals surface area contributed by atoms with Crippen LogP contribution >= 0.6 is 0 Å². The first-order chi connectivity index (χ1) is 18.5. The minimum atomic E-state index is -1.29. The highest BCUT2D eigenvalue weighted by Crippen LogP contribution is 2.64. The molecule has 2 bridgehead atoms. The molecule has 6 atom stereocenters. The van der Waals surface area contributed by atoms with E-state index >= 15 is 0 Å². The van der Waals surface area contributed by atoms with Crippen molar-refractivity contribution in [1.82, 2.24) is 16.1 Å². The molecule has 2 aromatic carbocycles. The van der Waals surface area contributed by atoms with E-state index in [1.807, 2.05) is 24.3 Å². The molecule has 0 radical (unpaired) electrons. The van der Waals surface area contributed by atoms with Gasteiger partial charge in [0.1, 0.15) is 6.04 Å². The summed E-state index contributed by atoms with van der Waals surface area (Å²) in [4.78, 5) is 36.5. The summed E-state index contributed by atoms with van der Waals surface area (Å²) in [7, 11) is 0. The third-order valence-electron chi connectivity index (χ3n) is 8.38. The van der Waals surface area contributed by atoms with E-state index in [2.05, 4.69) is 48.6 Å². The normalized spacial score (nSPS) is 23.8. The van der Waals surface area contributed by atoms with Crippen molar-refractivity contribution in [2.24, 2.45) is 23.2 Å². The first kappa shape index (κ1) is 28.3. The topological polar surface area (TPSA) is 140 Å². The molecule has 3 saturated carbocycles. The van der Waals surface area contributed by atoms with Crippen LogP contribution < -0.4 is 21.4 Å². The highest BCUT2D eigenvalue weighted by molar-refractivity contribution is 5.97. The number of nitrogens with one attached hydrogen (secondary N) is 4. The van der Waals surface area contributed by atoms with Gasteiger partial charge in [0, 0.05) is 28.4 Å². The Bertz CT molecular complexity index is 1280. The predicted molar refractivity (Wildman–Crippen MR) is 147 cm³/mol. The highest BCUT2D eigenvalue weighted by Gasteiger charge is 2.61. The largest absolute Gasteiger partial charge is 0.391 e. The van der Waals surface area contributed by atoms with Gasteiger partial charge in [-0.2, -0.15) is 0 Å². The summed E-state index contributed by atoms with van der Waals surface area (Å²) in [6.07, 6.45) is 0.0622. The number of aliphatic hydroxyl groups excluding tert-OH is 1. The lowest BCUT2D eigenvalue weighted by Crippen LogP contribution is -2.51. The van der Waals surface area contributed by atoms with E-state index in [1.54, 1.807) is 24.3 Å².